The molecule has 0 saturated heterocycles. The molecule has 8 heteroatoms. The van der Waals surface area contributed by atoms with E-state index in [0.717, 1.165) is 0 Å². The van der Waals surface area contributed by atoms with E-state index in [9.17, 15) is 4.79 Å². The fourth-order valence-electron chi connectivity index (χ4n) is 1.90. The number of anilines is 1. The minimum atomic E-state index is -0.425. The maximum Gasteiger partial charge on any atom is 0.262 e. The Labute approximate surface area is 154 Å². The van der Waals surface area contributed by atoms with Gasteiger partial charge in [0.25, 0.3) is 5.91 Å². The van der Waals surface area contributed by atoms with Crippen LogP contribution in [0.2, 0.25) is 15.1 Å². The molecule has 24 heavy (non-hydrogen) atoms. The summed E-state index contributed by atoms with van der Waals surface area (Å²) >= 11 is 18.0. The molecule has 2 rings (SSSR count). The fraction of sp³-hybridized carbons (Fsp3) is 0.188. The number of hydrogen-bond donors (Lipinski definition) is 1. The van der Waals surface area contributed by atoms with Crippen molar-refractivity contribution in [2.75, 3.05) is 26.1 Å². The van der Waals surface area contributed by atoms with E-state index >= 15 is 0 Å². The van der Waals surface area contributed by atoms with Crippen LogP contribution in [-0.2, 0) is 4.79 Å². The summed E-state index contributed by atoms with van der Waals surface area (Å²) in [6, 6.07) is 8.02. The molecule has 0 aromatic heterocycles. The van der Waals surface area contributed by atoms with Gasteiger partial charge in [0.05, 0.1) is 35.0 Å². The van der Waals surface area contributed by atoms with Gasteiger partial charge in [-0.1, -0.05) is 40.9 Å². The zero-order chi connectivity index (χ0) is 17.7. The minimum absolute atomic E-state index is 0.246. The molecule has 0 aliphatic rings. The first-order valence-electron chi connectivity index (χ1n) is 6.74. The number of amides is 1. The number of carbonyl (C=O) groups is 1. The van der Waals surface area contributed by atoms with Gasteiger partial charge in [-0.05, 0) is 18.2 Å². The van der Waals surface area contributed by atoms with Gasteiger partial charge in [-0.15, -0.1) is 0 Å². The summed E-state index contributed by atoms with van der Waals surface area (Å²) in [6.07, 6.45) is 0. The van der Waals surface area contributed by atoms with Crippen LogP contribution in [-0.4, -0.2) is 26.7 Å². The first-order valence-corrected chi connectivity index (χ1v) is 7.87. The van der Waals surface area contributed by atoms with Crippen molar-refractivity contribution in [1.29, 1.82) is 0 Å². The molecule has 128 valence electrons. The summed E-state index contributed by atoms with van der Waals surface area (Å²) in [5.74, 6) is 0.659. The van der Waals surface area contributed by atoms with Crippen LogP contribution in [0, 0.1) is 0 Å². The maximum atomic E-state index is 12.1. The summed E-state index contributed by atoms with van der Waals surface area (Å²) in [5, 5.41) is 3.62. The van der Waals surface area contributed by atoms with Crippen molar-refractivity contribution < 1.29 is 19.0 Å². The van der Waals surface area contributed by atoms with Crippen molar-refractivity contribution in [3.63, 3.8) is 0 Å². The lowest BCUT2D eigenvalue weighted by Crippen LogP contribution is -2.20. The van der Waals surface area contributed by atoms with E-state index in [1.54, 1.807) is 24.3 Å². The smallest absolute Gasteiger partial charge is 0.262 e. The van der Waals surface area contributed by atoms with Crippen molar-refractivity contribution >= 4 is 46.4 Å². The Morgan fingerprint density at radius 3 is 2.21 bits per heavy atom. The van der Waals surface area contributed by atoms with E-state index in [1.807, 2.05) is 0 Å². The lowest BCUT2D eigenvalue weighted by molar-refractivity contribution is -0.118. The van der Waals surface area contributed by atoms with Crippen LogP contribution in [0.1, 0.15) is 0 Å². The first-order chi connectivity index (χ1) is 11.5. The van der Waals surface area contributed by atoms with Gasteiger partial charge in [0, 0.05) is 6.07 Å². The third-order valence-electron chi connectivity index (χ3n) is 3.01. The van der Waals surface area contributed by atoms with Gasteiger partial charge < -0.3 is 19.5 Å². The van der Waals surface area contributed by atoms with Crippen LogP contribution in [0.5, 0.6) is 17.2 Å². The van der Waals surface area contributed by atoms with E-state index in [0.29, 0.717) is 32.3 Å². The maximum absolute atomic E-state index is 12.1. The number of rotatable bonds is 6. The fourth-order valence-corrected chi connectivity index (χ4v) is 2.65. The van der Waals surface area contributed by atoms with Gasteiger partial charge in [0.1, 0.15) is 11.5 Å². The third kappa shape index (κ3) is 4.38. The Bertz CT molecular complexity index is 732. The molecule has 0 radical (unpaired) electrons. The highest BCUT2D eigenvalue weighted by atomic mass is 35.5. The number of nitrogens with one attached hydrogen (secondary N) is 1. The van der Waals surface area contributed by atoms with E-state index < -0.39 is 5.91 Å². The number of ether oxygens (including phenoxy) is 3. The van der Waals surface area contributed by atoms with Crippen molar-refractivity contribution in [2.45, 2.75) is 0 Å². The van der Waals surface area contributed by atoms with Crippen LogP contribution in [0.4, 0.5) is 5.69 Å². The van der Waals surface area contributed by atoms with E-state index in [4.69, 9.17) is 49.0 Å². The lowest BCUT2D eigenvalue weighted by Gasteiger charge is -2.14. The highest BCUT2D eigenvalue weighted by Gasteiger charge is 2.14. The Morgan fingerprint density at radius 1 is 1.00 bits per heavy atom. The van der Waals surface area contributed by atoms with Gasteiger partial charge in [0.2, 0.25) is 0 Å². The van der Waals surface area contributed by atoms with Crippen molar-refractivity contribution in [3.05, 3.63) is 45.4 Å². The summed E-state index contributed by atoms with van der Waals surface area (Å²) < 4.78 is 15.7. The number of carbonyl (C=O) groups excluding carboxylic acids is 1. The number of para-hydroxylation sites is 1. The molecule has 2 aromatic carbocycles. The van der Waals surface area contributed by atoms with Crippen LogP contribution in [0.25, 0.3) is 0 Å². The lowest BCUT2D eigenvalue weighted by atomic mass is 10.2. The predicted octanol–water partition coefficient (Wildman–Crippen LogP) is 4.68. The third-order valence-corrected chi connectivity index (χ3v) is 3.91. The molecule has 1 N–H and O–H groups in total. The van der Waals surface area contributed by atoms with Gasteiger partial charge in [0.15, 0.2) is 12.4 Å². The van der Waals surface area contributed by atoms with Gasteiger partial charge >= 0.3 is 0 Å². The van der Waals surface area contributed by atoms with Crippen LogP contribution in [0.3, 0.4) is 0 Å². The molecular formula is C16H14Cl3NO4. The molecule has 2 aromatic rings. The Kier molecular flexibility index (Phi) is 6.43. The normalized spacial score (nSPS) is 10.2. The molecule has 0 aliphatic carbocycles. The van der Waals surface area contributed by atoms with Crippen molar-refractivity contribution in [1.82, 2.24) is 0 Å². The average molecular weight is 391 g/mol. The summed E-state index contributed by atoms with van der Waals surface area (Å²) in [6.45, 7) is -0.281. The van der Waals surface area contributed by atoms with Crippen LogP contribution >= 0.6 is 34.8 Å². The van der Waals surface area contributed by atoms with Crippen molar-refractivity contribution in [3.8, 4) is 17.2 Å². The molecule has 0 unspecified atom stereocenters. The topological polar surface area (TPSA) is 56.8 Å². The number of benzene rings is 2. The number of halogens is 3. The first kappa shape index (κ1) is 18.5. The predicted molar refractivity (Wildman–Crippen MR) is 95.1 cm³/mol. The van der Waals surface area contributed by atoms with E-state index in [2.05, 4.69) is 5.32 Å². The largest absolute Gasteiger partial charge is 0.495 e. The Morgan fingerprint density at radius 2 is 1.62 bits per heavy atom. The quantitative estimate of drug-likeness (QED) is 0.778. The molecule has 0 heterocycles. The number of methoxy groups -OCH3 is 2. The molecule has 0 bridgehead atoms. The second-order valence-corrected chi connectivity index (χ2v) is 5.80. The highest BCUT2D eigenvalue weighted by Crippen LogP contribution is 2.36. The molecule has 0 spiro atoms. The monoisotopic (exact) mass is 389 g/mol. The van der Waals surface area contributed by atoms with Gasteiger partial charge in [-0.25, -0.2) is 0 Å². The van der Waals surface area contributed by atoms with Crippen molar-refractivity contribution in [2.24, 2.45) is 0 Å². The second-order valence-electron chi connectivity index (χ2n) is 4.57. The molecule has 0 saturated carbocycles. The highest BCUT2D eigenvalue weighted by molar-refractivity contribution is 6.37. The SMILES string of the molecule is COc1cc(OC)c(NC(=O)COc2c(Cl)cccc2Cl)cc1Cl. The molecule has 1 amide bonds. The summed E-state index contributed by atoms with van der Waals surface area (Å²) in [7, 11) is 2.96. The average Bonchev–Trinajstić information content (AvgIpc) is 2.54. The molecule has 0 aliphatic heterocycles. The second kappa shape index (κ2) is 8.33. The van der Waals surface area contributed by atoms with Crippen LogP contribution < -0.4 is 19.5 Å². The Balaban J connectivity index is 2.09. The molecule has 5 nitrogen and oxygen atoms in total. The van der Waals surface area contributed by atoms with Gasteiger partial charge in [-0.3, -0.25) is 4.79 Å². The molecule has 0 fully saturated rings. The number of hydrogen-bond acceptors (Lipinski definition) is 4. The standard InChI is InChI=1S/C16H14Cl3NO4/c1-22-13-7-14(23-2)12(6-11(13)19)20-15(21)8-24-16-9(17)4-3-5-10(16)18/h3-7H,8H2,1-2H3,(H,20,21). The van der Waals surface area contributed by atoms with E-state index in [1.165, 1.54) is 20.3 Å². The van der Waals surface area contributed by atoms with Gasteiger partial charge in [-0.2, -0.15) is 0 Å². The zero-order valence-corrected chi connectivity index (χ0v) is 15.1. The van der Waals surface area contributed by atoms with E-state index in [-0.39, 0.29) is 12.4 Å². The summed E-state index contributed by atoms with van der Waals surface area (Å²) in [4.78, 5) is 12.1. The zero-order valence-electron chi connectivity index (χ0n) is 12.9. The molecular weight excluding hydrogens is 377 g/mol. The Hall–Kier alpha value is -1.82. The summed E-state index contributed by atoms with van der Waals surface area (Å²) in [5.41, 5.74) is 0.391. The molecule has 0 atom stereocenters. The minimum Gasteiger partial charge on any atom is -0.495 e. The van der Waals surface area contributed by atoms with Crippen LogP contribution in [0.15, 0.2) is 30.3 Å².